The molecule has 0 atom stereocenters. The molecule has 2 aliphatic heterocycles. The number of amides is 2. The van der Waals surface area contributed by atoms with Gasteiger partial charge in [0.05, 0.1) is 38.3 Å². The quantitative estimate of drug-likeness (QED) is 0.181. The van der Waals surface area contributed by atoms with Gasteiger partial charge in [-0.2, -0.15) is 0 Å². The molecular weight excluding hydrogens is 857 g/mol. The van der Waals surface area contributed by atoms with Gasteiger partial charge >= 0.3 is 11.9 Å². The first-order valence-corrected chi connectivity index (χ1v) is 24.7. The van der Waals surface area contributed by atoms with E-state index in [9.17, 15) is 29.4 Å². The minimum atomic E-state index is -0.192. The van der Waals surface area contributed by atoms with Crippen LogP contribution in [-0.4, -0.2) is 96.4 Å². The molecule has 0 aromatic heterocycles. The van der Waals surface area contributed by atoms with Crippen LogP contribution in [0, 0.1) is 34.5 Å². The molecule has 2 amide bonds. The number of aliphatic hydroxyl groups is 1. The Hall–Kier alpha value is -5.16. The summed E-state index contributed by atoms with van der Waals surface area (Å²) >= 11 is 0. The summed E-state index contributed by atoms with van der Waals surface area (Å²) in [5.41, 5.74) is 2.13. The van der Waals surface area contributed by atoms with E-state index in [0.29, 0.717) is 73.8 Å². The lowest BCUT2D eigenvalue weighted by Gasteiger charge is -2.37. The Kier molecular flexibility index (Phi) is 18.9. The van der Waals surface area contributed by atoms with E-state index in [1.54, 1.807) is 29.2 Å². The molecule has 4 aromatic rings. The second kappa shape index (κ2) is 23.9. The van der Waals surface area contributed by atoms with Gasteiger partial charge in [-0.3, -0.25) is 19.2 Å². The molecule has 11 nitrogen and oxygen atoms in total. The van der Waals surface area contributed by atoms with E-state index >= 15 is 0 Å². The average Bonchev–Trinajstić information content (AvgIpc) is 3.33. The lowest BCUT2D eigenvalue weighted by atomic mass is 9.72. The number of carbonyl (C=O) groups is 4. The molecule has 2 aliphatic carbocycles. The molecule has 4 aliphatic rings. The third-order valence-corrected chi connectivity index (χ3v) is 14.9. The molecule has 0 bridgehead atoms. The minimum absolute atomic E-state index is 0. The van der Waals surface area contributed by atoms with Crippen LogP contribution in [0.1, 0.15) is 147 Å². The molecule has 68 heavy (non-hydrogen) atoms. The Morgan fingerprint density at radius 2 is 0.897 bits per heavy atom. The van der Waals surface area contributed by atoms with Gasteiger partial charge < -0.3 is 34.2 Å². The van der Waals surface area contributed by atoms with Crippen molar-refractivity contribution in [3.63, 3.8) is 0 Å². The number of benzene rings is 4. The molecule has 4 aromatic carbocycles. The minimum Gasteiger partial charge on any atom is -0.508 e. The fourth-order valence-corrected chi connectivity index (χ4v) is 10.3. The zero-order valence-corrected chi connectivity index (χ0v) is 41.4. The van der Waals surface area contributed by atoms with E-state index in [1.807, 2.05) is 47.4 Å². The van der Waals surface area contributed by atoms with Crippen LogP contribution in [0.3, 0.4) is 0 Å². The van der Waals surface area contributed by atoms with Gasteiger partial charge in [0.2, 0.25) is 0 Å². The number of phenols is 1. The lowest BCUT2D eigenvalue weighted by Crippen LogP contribution is -2.40. The molecule has 8 rings (SSSR count). The van der Waals surface area contributed by atoms with Crippen molar-refractivity contribution in [1.29, 1.82) is 0 Å². The van der Waals surface area contributed by atoms with Gasteiger partial charge in [0.1, 0.15) is 11.5 Å². The van der Waals surface area contributed by atoms with Gasteiger partial charge in [0.25, 0.3) is 11.8 Å². The van der Waals surface area contributed by atoms with Gasteiger partial charge in [-0.15, -0.1) is 0 Å². The summed E-state index contributed by atoms with van der Waals surface area (Å²) in [5.74, 6) is 2.14. The van der Waals surface area contributed by atoms with Crippen LogP contribution in [-0.2, 0) is 19.1 Å². The number of nitrogens with zero attached hydrogens (tertiary/aromatic N) is 2. The number of likely N-dealkylation sites (tertiary alicyclic amines) is 2. The fourth-order valence-electron chi connectivity index (χ4n) is 10.3. The molecule has 2 saturated heterocycles. The van der Waals surface area contributed by atoms with Crippen molar-refractivity contribution in [3.8, 4) is 11.5 Å². The van der Waals surface area contributed by atoms with E-state index in [-0.39, 0.29) is 61.0 Å². The third-order valence-electron chi connectivity index (χ3n) is 14.9. The Bertz CT molecular complexity index is 2300. The predicted molar refractivity (Wildman–Crippen MR) is 271 cm³/mol. The Morgan fingerprint density at radius 1 is 0.515 bits per heavy atom. The van der Waals surface area contributed by atoms with Gasteiger partial charge in [-0.25, -0.2) is 0 Å². The summed E-state index contributed by atoms with van der Waals surface area (Å²) < 4.78 is 15.9. The topological polar surface area (TPSA) is 143 Å². The molecule has 11 heteroatoms. The number of ether oxygens (including phenoxy) is 3. The summed E-state index contributed by atoms with van der Waals surface area (Å²) in [4.78, 5) is 52.5. The second-order valence-electron chi connectivity index (χ2n) is 21.5. The first kappa shape index (κ1) is 53.8. The summed E-state index contributed by atoms with van der Waals surface area (Å²) in [5, 5.41) is 22.7. The highest BCUT2D eigenvalue weighted by atomic mass is 16.5. The number of phenolic OH excluding ortho intramolecular Hbond substituents is 1. The van der Waals surface area contributed by atoms with Crippen molar-refractivity contribution < 1.29 is 43.6 Å². The predicted octanol–water partition coefficient (Wildman–Crippen LogP) is 11.6. The number of aliphatic hydroxyl groups excluding tert-OH is 1. The summed E-state index contributed by atoms with van der Waals surface area (Å²) in [6.45, 7) is 16.2. The molecule has 0 unspecified atom stereocenters. The van der Waals surface area contributed by atoms with Crippen molar-refractivity contribution in [1.82, 2.24) is 9.80 Å². The van der Waals surface area contributed by atoms with Crippen LogP contribution in [0.25, 0.3) is 21.5 Å². The zero-order chi connectivity index (χ0) is 48.5. The van der Waals surface area contributed by atoms with Gasteiger partial charge in [0.15, 0.2) is 0 Å². The van der Waals surface area contributed by atoms with Crippen LogP contribution >= 0.6 is 0 Å². The van der Waals surface area contributed by atoms with Gasteiger partial charge in [-0.05, 0) is 170 Å². The van der Waals surface area contributed by atoms with Crippen molar-refractivity contribution in [3.05, 3.63) is 83.9 Å². The number of carbonyl (C=O) groups excluding carboxylic acids is 4. The summed E-state index contributed by atoms with van der Waals surface area (Å²) in [6.07, 6.45) is 12.0. The zero-order valence-electron chi connectivity index (χ0n) is 41.4. The van der Waals surface area contributed by atoms with Crippen LogP contribution in [0.4, 0.5) is 0 Å². The van der Waals surface area contributed by atoms with Crippen LogP contribution in [0.5, 0.6) is 11.5 Å². The van der Waals surface area contributed by atoms with Crippen molar-refractivity contribution in [2.24, 2.45) is 34.5 Å². The maximum atomic E-state index is 13.0. The fraction of sp³-hybridized carbons (Fsp3) is 0.579. The molecule has 372 valence electrons. The Labute approximate surface area is 405 Å². The van der Waals surface area contributed by atoms with E-state index in [2.05, 4.69) is 47.6 Å². The van der Waals surface area contributed by atoms with Crippen LogP contribution < -0.4 is 4.74 Å². The van der Waals surface area contributed by atoms with E-state index in [0.717, 1.165) is 64.8 Å². The molecule has 0 spiro atoms. The number of esters is 2. The van der Waals surface area contributed by atoms with E-state index in [1.165, 1.54) is 39.9 Å². The highest BCUT2D eigenvalue weighted by Gasteiger charge is 2.32. The van der Waals surface area contributed by atoms with Crippen molar-refractivity contribution >= 4 is 45.3 Å². The van der Waals surface area contributed by atoms with E-state index < -0.39 is 0 Å². The highest BCUT2D eigenvalue weighted by Crippen LogP contribution is 2.40. The second-order valence-corrected chi connectivity index (χ2v) is 21.5. The van der Waals surface area contributed by atoms with Gasteiger partial charge in [-0.1, -0.05) is 73.2 Å². The van der Waals surface area contributed by atoms with Crippen molar-refractivity contribution in [2.75, 3.05) is 40.4 Å². The average molecular weight is 937 g/mol. The summed E-state index contributed by atoms with van der Waals surface area (Å²) in [7, 11) is 2.82. The maximum Gasteiger partial charge on any atom is 0.308 e. The highest BCUT2D eigenvalue weighted by molar-refractivity contribution is 6.00. The smallest absolute Gasteiger partial charge is 0.308 e. The lowest BCUT2D eigenvalue weighted by molar-refractivity contribution is -0.147. The number of fused-ring (bicyclic) bond motifs is 2. The van der Waals surface area contributed by atoms with Gasteiger partial charge in [0, 0.05) is 37.3 Å². The molecule has 4 fully saturated rings. The Balaban J connectivity index is 0.000000213. The monoisotopic (exact) mass is 937 g/mol. The molecule has 0 radical (unpaired) electrons. The third kappa shape index (κ3) is 14.4. The van der Waals surface area contributed by atoms with E-state index in [4.69, 9.17) is 14.2 Å². The van der Waals surface area contributed by atoms with Crippen molar-refractivity contribution in [2.45, 2.75) is 138 Å². The van der Waals surface area contributed by atoms with Crippen LogP contribution in [0.2, 0.25) is 0 Å². The normalized spacial score (nSPS) is 21.5. The first-order valence-electron chi connectivity index (χ1n) is 24.7. The first-order chi connectivity index (χ1) is 31.8. The standard InChI is InChI=1S/C28H37NO4.C18H19NO4.C10H20O.CH4/c1-28(2,3)23-8-11-24(12-9-23)33-25-10-7-20-17-22(6-5-21(20)18-25)26(30)29-15-13-19(14-16-29)27(31)32-4;1-23-18(22)12-6-8-19(9-7-12)17(21)15-3-2-14-11-16(20)5-4-13(14)10-15;1-10(2,3)8-4-6-9(11)7-5-8;/h5-7,10,17-19,23-24H,8-9,11-16H2,1-4H3;2-5,10-12,20H,6-9H2,1H3;8-9,11H,4-7H2,1-3H3;1H4. The SMILES string of the molecule is C.CC(C)(C)C1CCC(O)CC1.COC(=O)C1CCN(C(=O)c2ccc3cc(O)ccc3c2)CC1.COC(=O)C1CCN(C(=O)c2ccc3cc(OC4CCC(C(C)(C)C)CC4)ccc3c2)CC1. The summed E-state index contributed by atoms with van der Waals surface area (Å²) in [6, 6.07) is 22.5. The Morgan fingerprint density at radius 3 is 1.32 bits per heavy atom. The number of aromatic hydroxyl groups is 1. The number of methoxy groups -OCH3 is 2. The number of hydrogen-bond donors (Lipinski definition) is 2. The number of rotatable bonds is 6. The molecule has 2 N–H and O–H groups in total. The van der Waals surface area contributed by atoms with Crippen LogP contribution in [0.15, 0.2) is 72.8 Å². The molecular formula is C57H80N2O9. The molecule has 2 saturated carbocycles. The number of hydrogen-bond acceptors (Lipinski definition) is 9. The number of piperidine rings is 2. The maximum absolute atomic E-state index is 13.0. The largest absolute Gasteiger partial charge is 0.508 e. The molecule has 2 heterocycles.